The molecule has 2 rings (SSSR count). The molecule has 1 aromatic rings. The third-order valence-electron chi connectivity index (χ3n) is 3.26. The molecule has 1 aliphatic heterocycles. The van der Waals surface area contributed by atoms with Crippen molar-refractivity contribution in [1.29, 1.82) is 0 Å². The molecule has 1 N–H and O–H groups in total. The Hall–Kier alpha value is -0.610. The van der Waals surface area contributed by atoms with Crippen molar-refractivity contribution in [1.82, 2.24) is 10.3 Å². The summed E-state index contributed by atoms with van der Waals surface area (Å²) >= 11 is 1.78. The zero-order valence-corrected chi connectivity index (χ0v) is 11.2. The van der Waals surface area contributed by atoms with Crippen molar-refractivity contribution < 1.29 is 0 Å². The molecule has 0 aliphatic carbocycles. The Kier molecular flexibility index (Phi) is 3.82. The highest BCUT2D eigenvalue weighted by atomic mass is 32.1. The minimum atomic E-state index is 0.368. The summed E-state index contributed by atoms with van der Waals surface area (Å²) in [6.07, 6.45) is 2.61. The van der Waals surface area contributed by atoms with Crippen molar-refractivity contribution >= 4 is 16.5 Å². The van der Waals surface area contributed by atoms with Crippen LogP contribution in [0.5, 0.6) is 0 Å². The smallest absolute Gasteiger partial charge is 0.185 e. The largest absolute Gasteiger partial charge is 0.345 e. The number of hydrogen-bond acceptors (Lipinski definition) is 4. The van der Waals surface area contributed by atoms with Gasteiger partial charge in [-0.1, -0.05) is 6.92 Å². The van der Waals surface area contributed by atoms with Gasteiger partial charge in [0.15, 0.2) is 5.13 Å². The Bertz CT molecular complexity index is 337. The second-order valence-corrected chi connectivity index (χ2v) is 5.36. The lowest BCUT2D eigenvalue weighted by molar-refractivity contribution is 0.585. The van der Waals surface area contributed by atoms with Gasteiger partial charge in [-0.2, -0.15) is 0 Å². The molecule has 0 radical (unpaired) electrons. The van der Waals surface area contributed by atoms with E-state index in [0.29, 0.717) is 12.1 Å². The van der Waals surface area contributed by atoms with Gasteiger partial charge in [0.25, 0.3) is 0 Å². The van der Waals surface area contributed by atoms with Crippen LogP contribution in [-0.2, 0) is 0 Å². The first-order chi connectivity index (χ1) is 7.72. The van der Waals surface area contributed by atoms with Crippen molar-refractivity contribution in [2.45, 2.75) is 45.7 Å². The summed E-state index contributed by atoms with van der Waals surface area (Å²) < 4.78 is 0. The first-order valence-corrected chi connectivity index (χ1v) is 7.05. The number of nitrogens with one attached hydrogen (secondary N) is 1. The fourth-order valence-corrected chi connectivity index (χ4v) is 3.28. The van der Waals surface area contributed by atoms with Gasteiger partial charge >= 0.3 is 0 Å². The number of aromatic nitrogens is 1. The Morgan fingerprint density at radius 3 is 3.12 bits per heavy atom. The van der Waals surface area contributed by atoms with Crippen LogP contribution in [0.15, 0.2) is 5.38 Å². The summed E-state index contributed by atoms with van der Waals surface area (Å²) in [5.74, 6) is 0. The molecule has 0 spiro atoms. The van der Waals surface area contributed by atoms with Crippen molar-refractivity contribution in [3.63, 3.8) is 0 Å². The summed E-state index contributed by atoms with van der Waals surface area (Å²) in [4.78, 5) is 7.18. The SMILES string of the molecule is CCNC(C)c1csc(N2CCCC2C)n1. The molecule has 3 nitrogen and oxygen atoms in total. The van der Waals surface area contributed by atoms with Gasteiger partial charge < -0.3 is 10.2 Å². The maximum atomic E-state index is 4.74. The summed E-state index contributed by atoms with van der Waals surface area (Å²) in [6.45, 7) is 8.77. The normalized spacial score (nSPS) is 22.7. The van der Waals surface area contributed by atoms with Crippen LogP contribution < -0.4 is 10.2 Å². The molecule has 1 aliphatic rings. The number of anilines is 1. The molecular formula is C12H21N3S. The van der Waals surface area contributed by atoms with Crippen LogP contribution in [0.1, 0.15) is 45.3 Å². The standard InChI is InChI=1S/C12H21N3S/c1-4-13-10(3)11-8-16-12(14-11)15-7-5-6-9(15)2/h8-10,13H,4-7H2,1-3H3. The van der Waals surface area contributed by atoms with Crippen LogP contribution in [0.3, 0.4) is 0 Å². The lowest BCUT2D eigenvalue weighted by Crippen LogP contribution is -2.26. The molecule has 0 bridgehead atoms. The molecule has 2 atom stereocenters. The van der Waals surface area contributed by atoms with Gasteiger partial charge in [0.05, 0.1) is 5.69 Å². The molecule has 0 aromatic carbocycles. The Morgan fingerprint density at radius 2 is 2.50 bits per heavy atom. The van der Waals surface area contributed by atoms with Gasteiger partial charge in [-0.3, -0.25) is 0 Å². The topological polar surface area (TPSA) is 28.2 Å². The third kappa shape index (κ3) is 2.38. The van der Waals surface area contributed by atoms with Gasteiger partial charge in [-0.15, -0.1) is 11.3 Å². The van der Waals surface area contributed by atoms with E-state index in [1.807, 2.05) is 0 Å². The minimum Gasteiger partial charge on any atom is -0.345 e. The lowest BCUT2D eigenvalue weighted by Gasteiger charge is -2.20. The Balaban J connectivity index is 2.06. The van der Waals surface area contributed by atoms with Gasteiger partial charge in [0, 0.05) is 24.0 Å². The molecule has 1 saturated heterocycles. The van der Waals surface area contributed by atoms with E-state index in [1.54, 1.807) is 11.3 Å². The van der Waals surface area contributed by atoms with E-state index in [9.17, 15) is 0 Å². The average molecular weight is 239 g/mol. The third-order valence-corrected chi connectivity index (χ3v) is 4.16. The highest BCUT2D eigenvalue weighted by Gasteiger charge is 2.23. The number of nitrogens with zero attached hydrogens (tertiary/aromatic N) is 2. The van der Waals surface area contributed by atoms with E-state index in [0.717, 1.165) is 6.54 Å². The second kappa shape index (κ2) is 5.15. The Morgan fingerprint density at radius 1 is 1.69 bits per heavy atom. The minimum absolute atomic E-state index is 0.368. The molecule has 0 amide bonds. The first-order valence-electron chi connectivity index (χ1n) is 6.17. The molecule has 1 aromatic heterocycles. The van der Waals surface area contributed by atoms with E-state index in [4.69, 9.17) is 4.98 Å². The maximum absolute atomic E-state index is 4.74. The van der Waals surface area contributed by atoms with Crippen LogP contribution in [0.25, 0.3) is 0 Å². The van der Waals surface area contributed by atoms with Crippen LogP contribution in [0.2, 0.25) is 0 Å². The molecule has 4 heteroatoms. The average Bonchev–Trinajstić information content (AvgIpc) is 2.86. The number of rotatable bonds is 4. The zero-order chi connectivity index (χ0) is 11.5. The summed E-state index contributed by atoms with van der Waals surface area (Å²) in [5, 5.41) is 6.79. The fraction of sp³-hybridized carbons (Fsp3) is 0.750. The molecule has 90 valence electrons. The zero-order valence-electron chi connectivity index (χ0n) is 10.4. The van der Waals surface area contributed by atoms with E-state index in [2.05, 4.69) is 36.4 Å². The van der Waals surface area contributed by atoms with Crippen molar-refractivity contribution in [2.24, 2.45) is 0 Å². The fourth-order valence-electron chi connectivity index (χ4n) is 2.24. The van der Waals surface area contributed by atoms with Crippen molar-refractivity contribution in [3.8, 4) is 0 Å². The van der Waals surface area contributed by atoms with Crippen LogP contribution in [0, 0.1) is 0 Å². The van der Waals surface area contributed by atoms with Gasteiger partial charge in [0.2, 0.25) is 0 Å². The number of hydrogen-bond donors (Lipinski definition) is 1. The van der Waals surface area contributed by atoms with Gasteiger partial charge in [-0.25, -0.2) is 4.98 Å². The van der Waals surface area contributed by atoms with Crippen LogP contribution in [-0.4, -0.2) is 24.1 Å². The van der Waals surface area contributed by atoms with E-state index >= 15 is 0 Å². The highest BCUT2D eigenvalue weighted by molar-refractivity contribution is 7.13. The van der Waals surface area contributed by atoms with Crippen molar-refractivity contribution in [3.05, 3.63) is 11.1 Å². The first kappa shape index (κ1) is 11.9. The van der Waals surface area contributed by atoms with E-state index in [1.165, 1.54) is 30.2 Å². The van der Waals surface area contributed by atoms with Crippen molar-refractivity contribution in [2.75, 3.05) is 18.0 Å². The molecule has 0 saturated carbocycles. The second-order valence-electron chi connectivity index (χ2n) is 4.52. The quantitative estimate of drug-likeness (QED) is 0.875. The predicted octanol–water partition coefficient (Wildman–Crippen LogP) is 2.80. The number of thiazole rings is 1. The molecule has 2 unspecified atom stereocenters. The van der Waals surface area contributed by atoms with Crippen LogP contribution >= 0.6 is 11.3 Å². The maximum Gasteiger partial charge on any atom is 0.185 e. The molecular weight excluding hydrogens is 218 g/mol. The molecule has 1 fully saturated rings. The molecule has 2 heterocycles. The molecule has 16 heavy (non-hydrogen) atoms. The summed E-state index contributed by atoms with van der Waals surface area (Å²) in [5.41, 5.74) is 1.18. The van der Waals surface area contributed by atoms with Crippen LogP contribution in [0.4, 0.5) is 5.13 Å². The lowest BCUT2D eigenvalue weighted by atomic mass is 10.2. The predicted molar refractivity (Wildman–Crippen MR) is 70.2 cm³/mol. The summed E-state index contributed by atoms with van der Waals surface area (Å²) in [7, 11) is 0. The van der Waals surface area contributed by atoms with E-state index in [-0.39, 0.29) is 0 Å². The Labute approximate surface area is 102 Å². The summed E-state index contributed by atoms with van der Waals surface area (Å²) in [6, 6.07) is 1.03. The van der Waals surface area contributed by atoms with Gasteiger partial charge in [-0.05, 0) is 33.2 Å². The monoisotopic (exact) mass is 239 g/mol. The van der Waals surface area contributed by atoms with Gasteiger partial charge in [0.1, 0.15) is 0 Å². The van der Waals surface area contributed by atoms with E-state index < -0.39 is 0 Å². The highest BCUT2D eigenvalue weighted by Crippen LogP contribution is 2.29.